The zero-order valence-corrected chi connectivity index (χ0v) is 7.61. The topological polar surface area (TPSA) is 35.2 Å². The van der Waals surface area contributed by atoms with Gasteiger partial charge in [0.1, 0.15) is 10.8 Å². The summed E-state index contributed by atoms with van der Waals surface area (Å²) in [5.41, 5.74) is 5.38. The van der Waals surface area contributed by atoms with Crippen molar-refractivity contribution in [3.63, 3.8) is 0 Å². The SMILES string of the molecule is COc1c(C(F)F)ccc(N)c1Cl. The van der Waals surface area contributed by atoms with Crippen LogP contribution in [-0.4, -0.2) is 7.11 Å². The first kappa shape index (κ1) is 10.1. The highest BCUT2D eigenvalue weighted by molar-refractivity contribution is 6.34. The monoisotopic (exact) mass is 207 g/mol. The fraction of sp³-hybridized carbons (Fsp3) is 0.250. The van der Waals surface area contributed by atoms with Crippen LogP contribution in [0.3, 0.4) is 0 Å². The van der Waals surface area contributed by atoms with Gasteiger partial charge in [-0.3, -0.25) is 0 Å². The Morgan fingerprint density at radius 3 is 2.54 bits per heavy atom. The molecule has 0 aliphatic rings. The van der Waals surface area contributed by atoms with E-state index in [1.54, 1.807) is 0 Å². The molecule has 13 heavy (non-hydrogen) atoms. The van der Waals surface area contributed by atoms with E-state index in [1.807, 2.05) is 0 Å². The molecular formula is C8H8ClF2NO. The van der Waals surface area contributed by atoms with Crippen molar-refractivity contribution in [2.45, 2.75) is 6.43 Å². The van der Waals surface area contributed by atoms with E-state index in [-0.39, 0.29) is 22.0 Å². The van der Waals surface area contributed by atoms with Crippen LogP contribution in [0, 0.1) is 0 Å². The number of nitrogen functional groups attached to an aromatic ring is 1. The first-order valence-corrected chi connectivity index (χ1v) is 3.85. The fourth-order valence-corrected chi connectivity index (χ4v) is 1.21. The van der Waals surface area contributed by atoms with Crippen molar-refractivity contribution in [1.82, 2.24) is 0 Å². The summed E-state index contributed by atoms with van der Waals surface area (Å²) in [4.78, 5) is 0. The molecule has 0 radical (unpaired) electrons. The summed E-state index contributed by atoms with van der Waals surface area (Å²) >= 11 is 5.66. The standard InChI is InChI=1S/C8H8ClF2NO/c1-13-7-4(8(10)11)2-3-5(12)6(7)9/h2-3,8H,12H2,1H3. The van der Waals surface area contributed by atoms with Crippen molar-refractivity contribution in [3.8, 4) is 5.75 Å². The van der Waals surface area contributed by atoms with E-state index < -0.39 is 6.43 Å². The summed E-state index contributed by atoms with van der Waals surface area (Å²) in [7, 11) is 1.27. The van der Waals surface area contributed by atoms with Crippen molar-refractivity contribution < 1.29 is 13.5 Å². The van der Waals surface area contributed by atoms with Crippen molar-refractivity contribution in [3.05, 3.63) is 22.7 Å². The Balaban J connectivity index is 3.30. The third-order valence-corrected chi connectivity index (χ3v) is 1.99. The van der Waals surface area contributed by atoms with Crippen LogP contribution in [0.5, 0.6) is 5.75 Å². The first-order chi connectivity index (χ1) is 6.07. The zero-order chi connectivity index (χ0) is 10.0. The Hall–Kier alpha value is -1.03. The lowest BCUT2D eigenvalue weighted by Crippen LogP contribution is -1.96. The molecule has 2 nitrogen and oxygen atoms in total. The van der Waals surface area contributed by atoms with Gasteiger partial charge in [0.05, 0.1) is 18.4 Å². The van der Waals surface area contributed by atoms with Crippen LogP contribution in [0.4, 0.5) is 14.5 Å². The van der Waals surface area contributed by atoms with E-state index in [2.05, 4.69) is 0 Å². The molecule has 2 N–H and O–H groups in total. The molecule has 0 amide bonds. The molecule has 1 aromatic rings. The Morgan fingerprint density at radius 1 is 1.46 bits per heavy atom. The minimum absolute atomic E-state index is 0.0281. The van der Waals surface area contributed by atoms with Gasteiger partial charge < -0.3 is 10.5 Å². The number of halogens is 3. The molecule has 0 bridgehead atoms. The predicted molar refractivity (Wildman–Crippen MR) is 47.4 cm³/mol. The lowest BCUT2D eigenvalue weighted by atomic mass is 10.2. The van der Waals surface area contributed by atoms with Crippen LogP contribution in [0.25, 0.3) is 0 Å². The number of hydrogen-bond donors (Lipinski definition) is 1. The van der Waals surface area contributed by atoms with Crippen LogP contribution in [0.15, 0.2) is 12.1 Å². The third-order valence-electron chi connectivity index (χ3n) is 1.60. The van der Waals surface area contributed by atoms with E-state index in [4.69, 9.17) is 22.1 Å². The molecule has 0 aromatic heterocycles. The number of benzene rings is 1. The second-order valence-electron chi connectivity index (χ2n) is 2.39. The van der Waals surface area contributed by atoms with Crippen molar-refractivity contribution in [2.75, 3.05) is 12.8 Å². The highest BCUT2D eigenvalue weighted by Gasteiger charge is 2.17. The van der Waals surface area contributed by atoms with Crippen molar-refractivity contribution in [1.29, 1.82) is 0 Å². The highest BCUT2D eigenvalue weighted by Crippen LogP contribution is 2.38. The van der Waals surface area contributed by atoms with Gasteiger partial charge in [-0.2, -0.15) is 0 Å². The molecule has 0 saturated carbocycles. The van der Waals surface area contributed by atoms with E-state index in [1.165, 1.54) is 19.2 Å². The summed E-state index contributed by atoms with van der Waals surface area (Å²) < 4.78 is 29.4. The van der Waals surface area contributed by atoms with E-state index in [9.17, 15) is 8.78 Å². The normalized spacial score (nSPS) is 10.5. The lowest BCUT2D eigenvalue weighted by Gasteiger charge is -2.10. The molecule has 0 heterocycles. The van der Waals surface area contributed by atoms with Gasteiger partial charge in [0, 0.05) is 0 Å². The molecule has 0 aliphatic heterocycles. The van der Waals surface area contributed by atoms with Gasteiger partial charge in [0.25, 0.3) is 6.43 Å². The highest BCUT2D eigenvalue weighted by atomic mass is 35.5. The zero-order valence-electron chi connectivity index (χ0n) is 6.85. The molecule has 0 saturated heterocycles. The molecule has 0 unspecified atom stereocenters. The van der Waals surface area contributed by atoms with Crippen LogP contribution >= 0.6 is 11.6 Å². The minimum atomic E-state index is -2.62. The molecule has 5 heteroatoms. The molecule has 72 valence electrons. The van der Waals surface area contributed by atoms with Crippen LogP contribution < -0.4 is 10.5 Å². The maximum atomic E-state index is 12.3. The van der Waals surface area contributed by atoms with E-state index in [0.29, 0.717) is 0 Å². The second kappa shape index (κ2) is 3.79. The number of hydrogen-bond acceptors (Lipinski definition) is 2. The Bertz CT molecular complexity index is 317. The van der Waals surface area contributed by atoms with E-state index in [0.717, 1.165) is 0 Å². The summed E-state index contributed by atoms with van der Waals surface area (Å²) in [6, 6.07) is 2.52. The van der Waals surface area contributed by atoms with E-state index >= 15 is 0 Å². The molecule has 0 atom stereocenters. The number of ether oxygens (including phenoxy) is 1. The Kier molecular flexibility index (Phi) is 2.93. The van der Waals surface area contributed by atoms with Crippen molar-refractivity contribution >= 4 is 17.3 Å². The third kappa shape index (κ3) is 1.83. The summed E-state index contributed by atoms with van der Waals surface area (Å²) in [5.74, 6) is -0.0586. The fourth-order valence-electron chi connectivity index (χ4n) is 0.966. The molecule has 1 rings (SSSR count). The van der Waals surface area contributed by atoms with Gasteiger partial charge in [-0.15, -0.1) is 0 Å². The van der Waals surface area contributed by atoms with Gasteiger partial charge in [-0.05, 0) is 12.1 Å². The van der Waals surface area contributed by atoms with Crippen LogP contribution in [-0.2, 0) is 0 Å². The first-order valence-electron chi connectivity index (χ1n) is 3.48. The molecule has 0 aliphatic carbocycles. The molecule has 1 aromatic carbocycles. The molecule has 0 spiro atoms. The second-order valence-corrected chi connectivity index (χ2v) is 2.77. The summed E-state index contributed by atoms with van der Waals surface area (Å²) in [5, 5.41) is 0.0281. The average Bonchev–Trinajstić information content (AvgIpc) is 2.09. The van der Waals surface area contributed by atoms with Crippen LogP contribution in [0.1, 0.15) is 12.0 Å². The quantitative estimate of drug-likeness (QED) is 0.757. The van der Waals surface area contributed by atoms with Gasteiger partial charge >= 0.3 is 0 Å². The summed E-state index contributed by atoms with van der Waals surface area (Å²) in [6.07, 6.45) is -2.62. The summed E-state index contributed by atoms with van der Waals surface area (Å²) in [6.45, 7) is 0. The van der Waals surface area contributed by atoms with Gasteiger partial charge in [-0.25, -0.2) is 8.78 Å². The number of alkyl halides is 2. The van der Waals surface area contributed by atoms with Gasteiger partial charge in [0.15, 0.2) is 0 Å². The smallest absolute Gasteiger partial charge is 0.267 e. The van der Waals surface area contributed by atoms with Crippen molar-refractivity contribution in [2.24, 2.45) is 0 Å². The number of methoxy groups -OCH3 is 1. The maximum Gasteiger partial charge on any atom is 0.267 e. The molecule has 0 fully saturated rings. The van der Waals surface area contributed by atoms with Gasteiger partial charge in [-0.1, -0.05) is 11.6 Å². The van der Waals surface area contributed by atoms with Gasteiger partial charge in [0.2, 0.25) is 0 Å². The largest absolute Gasteiger partial charge is 0.495 e. The predicted octanol–water partition coefficient (Wildman–Crippen LogP) is 2.87. The Labute approximate surface area is 79.2 Å². The Morgan fingerprint density at radius 2 is 2.08 bits per heavy atom. The average molecular weight is 208 g/mol. The number of rotatable bonds is 2. The minimum Gasteiger partial charge on any atom is -0.495 e. The van der Waals surface area contributed by atoms with Crippen LogP contribution in [0.2, 0.25) is 5.02 Å². The number of anilines is 1. The maximum absolute atomic E-state index is 12.3. The molecular weight excluding hydrogens is 200 g/mol. The lowest BCUT2D eigenvalue weighted by molar-refractivity contribution is 0.147. The number of nitrogens with two attached hydrogens (primary N) is 1.